The first-order valence-electron chi connectivity index (χ1n) is 7.06. The van der Waals surface area contributed by atoms with Gasteiger partial charge in [-0.05, 0) is 39.8 Å². The molecule has 6 nitrogen and oxygen atoms in total. The molecule has 0 unspecified atom stereocenters. The Morgan fingerprint density at radius 3 is 2.53 bits per heavy atom. The molecule has 0 saturated carbocycles. The van der Waals surface area contributed by atoms with E-state index in [-0.39, 0.29) is 0 Å². The van der Waals surface area contributed by atoms with E-state index in [4.69, 9.17) is 14.2 Å². The van der Waals surface area contributed by atoms with Crippen molar-refractivity contribution >= 4 is 0 Å². The van der Waals surface area contributed by atoms with Gasteiger partial charge in [-0.1, -0.05) is 0 Å². The minimum absolute atomic E-state index is 0.400. The van der Waals surface area contributed by atoms with Crippen LogP contribution >= 0.6 is 0 Å². The molecule has 3 heterocycles. The number of aliphatic hydroxyl groups excluding tert-OH is 2. The summed E-state index contributed by atoms with van der Waals surface area (Å²) in [7, 11) is 0. The Kier molecular flexibility index (Phi) is 3.57. The van der Waals surface area contributed by atoms with Crippen LogP contribution < -0.4 is 0 Å². The van der Waals surface area contributed by atoms with Gasteiger partial charge in [0, 0.05) is 6.54 Å². The van der Waals surface area contributed by atoms with Crippen molar-refractivity contribution in [3.05, 3.63) is 0 Å². The Labute approximate surface area is 113 Å². The third kappa shape index (κ3) is 2.66. The molecule has 0 aromatic heterocycles. The van der Waals surface area contributed by atoms with Crippen LogP contribution in [0.3, 0.4) is 0 Å². The lowest BCUT2D eigenvalue weighted by Gasteiger charge is -2.27. The lowest BCUT2D eigenvalue weighted by Crippen LogP contribution is -2.44. The second-order valence-electron chi connectivity index (χ2n) is 6.13. The second kappa shape index (κ2) is 4.95. The molecule has 3 rings (SSSR count). The Bertz CT molecular complexity index is 331. The van der Waals surface area contributed by atoms with E-state index in [0.717, 1.165) is 13.1 Å². The van der Waals surface area contributed by atoms with Crippen LogP contribution in [0.25, 0.3) is 0 Å². The molecule has 0 radical (unpaired) electrons. The van der Waals surface area contributed by atoms with Gasteiger partial charge in [0.15, 0.2) is 12.1 Å². The molecule has 6 heteroatoms. The van der Waals surface area contributed by atoms with Gasteiger partial charge in [0.25, 0.3) is 0 Å². The van der Waals surface area contributed by atoms with E-state index in [1.54, 1.807) is 0 Å². The van der Waals surface area contributed by atoms with E-state index >= 15 is 0 Å². The molecule has 19 heavy (non-hydrogen) atoms. The molecular formula is C13H23NO5. The van der Waals surface area contributed by atoms with Gasteiger partial charge in [-0.2, -0.15) is 0 Å². The van der Waals surface area contributed by atoms with Crippen LogP contribution in [0.4, 0.5) is 0 Å². The number of hydrogen-bond acceptors (Lipinski definition) is 6. The summed E-state index contributed by atoms with van der Waals surface area (Å²) in [4.78, 5) is 2.22. The maximum absolute atomic E-state index is 10.3. The van der Waals surface area contributed by atoms with Gasteiger partial charge >= 0.3 is 0 Å². The number of rotatable bonds is 3. The number of ether oxygens (including phenoxy) is 3. The summed E-state index contributed by atoms with van der Waals surface area (Å²) < 4.78 is 16.8. The van der Waals surface area contributed by atoms with Crippen molar-refractivity contribution in [2.45, 2.75) is 63.2 Å². The average molecular weight is 273 g/mol. The van der Waals surface area contributed by atoms with E-state index in [1.807, 2.05) is 13.8 Å². The Morgan fingerprint density at radius 2 is 1.84 bits per heavy atom. The number of aliphatic hydroxyl groups is 2. The van der Waals surface area contributed by atoms with Gasteiger partial charge in [-0.15, -0.1) is 0 Å². The normalized spacial score (nSPS) is 43.6. The fourth-order valence-electron chi connectivity index (χ4n) is 3.25. The molecule has 3 aliphatic heterocycles. The largest absolute Gasteiger partial charge is 0.389 e. The van der Waals surface area contributed by atoms with Gasteiger partial charge in [0.2, 0.25) is 0 Å². The predicted octanol–water partition coefficient (Wildman–Crippen LogP) is -0.320. The van der Waals surface area contributed by atoms with Crippen LogP contribution in [-0.2, 0) is 14.2 Å². The van der Waals surface area contributed by atoms with E-state index < -0.39 is 36.5 Å². The summed E-state index contributed by atoms with van der Waals surface area (Å²) in [6, 6.07) is 0. The lowest BCUT2D eigenvalue weighted by molar-refractivity contribution is -0.230. The first-order chi connectivity index (χ1) is 8.96. The van der Waals surface area contributed by atoms with Crippen molar-refractivity contribution < 1.29 is 24.4 Å². The molecule has 5 atom stereocenters. The molecule has 3 fully saturated rings. The minimum Gasteiger partial charge on any atom is -0.389 e. The first kappa shape index (κ1) is 13.7. The van der Waals surface area contributed by atoms with Crippen molar-refractivity contribution in [3.8, 4) is 0 Å². The molecule has 0 aromatic rings. The number of β-amino-alcohol motifs (C(OH)–C–C–N with tert-alkyl or cyclic N) is 1. The second-order valence-corrected chi connectivity index (χ2v) is 6.13. The monoisotopic (exact) mass is 273 g/mol. The highest BCUT2D eigenvalue weighted by molar-refractivity contribution is 4.98. The van der Waals surface area contributed by atoms with Gasteiger partial charge < -0.3 is 29.3 Å². The van der Waals surface area contributed by atoms with Crippen LogP contribution in [0, 0.1) is 0 Å². The minimum atomic E-state index is -1.02. The van der Waals surface area contributed by atoms with Crippen molar-refractivity contribution in [1.29, 1.82) is 0 Å². The molecule has 0 amide bonds. The molecule has 0 spiro atoms. The summed E-state index contributed by atoms with van der Waals surface area (Å²) in [5.41, 5.74) is 0. The zero-order valence-electron chi connectivity index (χ0n) is 11.5. The Hall–Kier alpha value is -0.240. The van der Waals surface area contributed by atoms with Crippen LogP contribution in [0.15, 0.2) is 0 Å². The molecule has 3 aliphatic rings. The number of hydrogen-bond donors (Lipinski definition) is 2. The fourth-order valence-corrected chi connectivity index (χ4v) is 3.25. The highest BCUT2D eigenvalue weighted by Gasteiger charge is 2.56. The van der Waals surface area contributed by atoms with Gasteiger partial charge in [-0.25, -0.2) is 0 Å². The van der Waals surface area contributed by atoms with Crippen LogP contribution in [0.2, 0.25) is 0 Å². The van der Waals surface area contributed by atoms with Crippen molar-refractivity contribution in [3.63, 3.8) is 0 Å². The standard InChI is InChI=1S/C13H23NO5/c1-13(2)18-10-9(17-12(16)11(10)19-13)8(15)7-14-5-3-4-6-14/h8-12,15-16H,3-7H2,1-2H3/t8-,9-,10+,11+,12+/m1/s1. The van der Waals surface area contributed by atoms with Crippen molar-refractivity contribution in [2.24, 2.45) is 0 Å². The lowest BCUT2D eigenvalue weighted by atomic mass is 10.1. The predicted molar refractivity (Wildman–Crippen MR) is 66.4 cm³/mol. The SMILES string of the molecule is CC1(C)O[C@H]2[C@@H]([C@H](O)CN3CCCC3)O[C@H](O)[C@H]2O1. The van der Waals surface area contributed by atoms with Gasteiger partial charge in [-0.3, -0.25) is 0 Å². The zero-order chi connectivity index (χ0) is 13.6. The third-order valence-corrected chi connectivity index (χ3v) is 4.09. The van der Waals surface area contributed by atoms with Crippen LogP contribution in [0.5, 0.6) is 0 Å². The highest BCUT2D eigenvalue weighted by Crippen LogP contribution is 2.39. The summed E-state index contributed by atoms with van der Waals surface area (Å²) in [5, 5.41) is 20.2. The summed E-state index contributed by atoms with van der Waals surface area (Å²) >= 11 is 0. The third-order valence-electron chi connectivity index (χ3n) is 4.09. The summed E-state index contributed by atoms with van der Waals surface area (Å²) in [6.45, 7) is 6.21. The molecule has 110 valence electrons. The average Bonchev–Trinajstić information content (AvgIpc) is 2.97. The van der Waals surface area contributed by atoms with E-state index in [2.05, 4.69) is 4.90 Å². The van der Waals surface area contributed by atoms with E-state index in [9.17, 15) is 10.2 Å². The maximum Gasteiger partial charge on any atom is 0.184 e. The molecule has 0 aromatic carbocycles. The number of nitrogens with zero attached hydrogens (tertiary/aromatic N) is 1. The van der Waals surface area contributed by atoms with Crippen molar-refractivity contribution in [2.75, 3.05) is 19.6 Å². The molecule has 3 saturated heterocycles. The zero-order valence-corrected chi connectivity index (χ0v) is 11.5. The smallest absolute Gasteiger partial charge is 0.184 e. The summed E-state index contributed by atoms with van der Waals surface area (Å²) in [6.07, 6.45) is -0.762. The fraction of sp³-hybridized carbons (Fsp3) is 1.00. The van der Waals surface area contributed by atoms with E-state index in [1.165, 1.54) is 12.8 Å². The molecule has 2 N–H and O–H groups in total. The van der Waals surface area contributed by atoms with Gasteiger partial charge in [0.1, 0.15) is 18.3 Å². The number of likely N-dealkylation sites (tertiary alicyclic amines) is 1. The van der Waals surface area contributed by atoms with Crippen molar-refractivity contribution in [1.82, 2.24) is 4.90 Å². The number of fused-ring (bicyclic) bond motifs is 1. The first-order valence-corrected chi connectivity index (χ1v) is 7.06. The molecule has 0 aliphatic carbocycles. The highest BCUT2D eigenvalue weighted by atomic mass is 16.8. The van der Waals surface area contributed by atoms with Gasteiger partial charge in [0.05, 0.1) is 6.10 Å². The Morgan fingerprint density at radius 1 is 1.21 bits per heavy atom. The van der Waals surface area contributed by atoms with Crippen LogP contribution in [-0.4, -0.2) is 71.2 Å². The maximum atomic E-state index is 10.3. The Balaban J connectivity index is 1.64. The van der Waals surface area contributed by atoms with Crippen LogP contribution in [0.1, 0.15) is 26.7 Å². The topological polar surface area (TPSA) is 71.4 Å². The quantitative estimate of drug-likeness (QED) is 0.734. The molecular weight excluding hydrogens is 250 g/mol. The molecule has 0 bridgehead atoms. The summed E-state index contributed by atoms with van der Waals surface area (Å²) in [5.74, 6) is -0.730. The van der Waals surface area contributed by atoms with E-state index in [0.29, 0.717) is 6.54 Å².